The SMILES string of the molecule is COc1ccc(-c2cnnc(Nc3cc(F)nc(N4CCOCC4)n3)c2)cc1. The van der Waals surface area contributed by atoms with Crippen molar-refractivity contribution < 1.29 is 13.9 Å². The monoisotopic (exact) mass is 382 g/mol. The van der Waals surface area contributed by atoms with E-state index in [9.17, 15) is 4.39 Å². The summed E-state index contributed by atoms with van der Waals surface area (Å²) in [7, 11) is 1.62. The fourth-order valence-corrected chi connectivity index (χ4v) is 2.87. The molecule has 3 heterocycles. The summed E-state index contributed by atoms with van der Waals surface area (Å²) in [6.07, 6.45) is 1.66. The molecule has 1 aliphatic rings. The van der Waals surface area contributed by atoms with E-state index in [0.29, 0.717) is 43.9 Å². The number of nitrogens with one attached hydrogen (secondary N) is 1. The molecule has 1 saturated heterocycles. The van der Waals surface area contributed by atoms with Gasteiger partial charge in [0.15, 0.2) is 5.82 Å². The highest BCUT2D eigenvalue weighted by Crippen LogP contribution is 2.24. The number of nitrogens with zero attached hydrogens (tertiary/aromatic N) is 5. The highest BCUT2D eigenvalue weighted by molar-refractivity contribution is 5.67. The molecule has 0 unspecified atom stereocenters. The first-order valence-corrected chi connectivity index (χ1v) is 8.83. The van der Waals surface area contributed by atoms with Gasteiger partial charge in [-0.2, -0.15) is 19.5 Å². The molecule has 0 spiro atoms. The van der Waals surface area contributed by atoms with Gasteiger partial charge < -0.3 is 19.7 Å². The summed E-state index contributed by atoms with van der Waals surface area (Å²) in [5, 5.41) is 11.1. The quantitative estimate of drug-likeness (QED) is 0.674. The van der Waals surface area contributed by atoms with Crippen LogP contribution in [0.15, 0.2) is 42.6 Å². The molecule has 0 radical (unpaired) electrons. The second kappa shape index (κ2) is 8.13. The third kappa shape index (κ3) is 4.15. The number of aromatic nitrogens is 4. The van der Waals surface area contributed by atoms with Crippen molar-refractivity contribution in [1.29, 1.82) is 0 Å². The van der Waals surface area contributed by atoms with Crippen LogP contribution in [-0.4, -0.2) is 53.6 Å². The molecule has 1 fully saturated rings. The zero-order chi connectivity index (χ0) is 19.3. The van der Waals surface area contributed by atoms with E-state index in [1.807, 2.05) is 35.2 Å². The third-order valence-electron chi connectivity index (χ3n) is 4.31. The Hall–Kier alpha value is -3.33. The van der Waals surface area contributed by atoms with Gasteiger partial charge in [-0.15, -0.1) is 5.10 Å². The molecular formula is C19H19FN6O2. The summed E-state index contributed by atoms with van der Waals surface area (Å²) in [6, 6.07) is 10.7. The lowest BCUT2D eigenvalue weighted by molar-refractivity contribution is 0.122. The predicted octanol–water partition coefficient (Wildman–Crippen LogP) is 2.66. The van der Waals surface area contributed by atoms with Crippen LogP contribution in [-0.2, 0) is 4.74 Å². The maximum absolute atomic E-state index is 14.0. The second-order valence-corrected chi connectivity index (χ2v) is 6.16. The molecule has 8 nitrogen and oxygen atoms in total. The van der Waals surface area contributed by atoms with Crippen LogP contribution in [0.25, 0.3) is 11.1 Å². The number of morpholine rings is 1. The lowest BCUT2D eigenvalue weighted by Crippen LogP contribution is -2.37. The Labute approximate surface area is 161 Å². The first kappa shape index (κ1) is 18.1. The zero-order valence-corrected chi connectivity index (χ0v) is 15.3. The van der Waals surface area contributed by atoms with Crippen molar-refractivity contribution in [2.75, 3.05) is 43.6 Å². The summed E-state index contributed by atoms with van der Waals surface area (Å²) in [6.45, 7) is 2.38. The molecule has 0 atom stereocenters. The minimum absolute atomic E-state index is 0.315. The van der Waals surface area contributed by atoms with Crippen LogP contribution < -0.4 is 15.0 Å². The Morgan fingerprint density at radius 3 is 2.57 bits per heavy atom. The van der Waals surface area contributed by atoms with Gasteiger partial charge in [0.25, 0.3) is 0 Å². The molecule has 4 rings (SSSR count). The Kier molecular flexibility index (Phi) is 5.24. The summed E-state index contributed by atoms with van der Waals surface area (Å²) >= 11 is 0. The van der Waals surface area contributed by atoms with Crippen molar-refractivity contribution in [2.45, 2.75) is 0 Å². The zero-order valence-electron chi connectivity index (χ0n) is 15.3. The number of methoxy groups -OCH3 is 1. The van der Waals surface area contributed by atoms with Gasteiger partial charge >= 0.3 is 0 Å². The largest absolute Gasteiger partial charge is 0.497 e. The van der Waals surface area contributed by atoms with Crippen LogP contribution in [0.5, 0.6) is 5.75 Å². The fourth-order valence-electron chi connectivity index (χ4n) is 2.87. The minimum atomic E-state index is -0.613. The van der Waals surface area contributed by atoms with E-state index in [0.717, 1.165) is 16.9 Å². The van der Waals surface area contributed by atoms with Gasteiger partial charge in [-0.25, -0.2) is 0 Å². The van der Waals surface area contributed by atoms with Crippen molar-refractivity contribution in [1.82, 2.24) is 20.2 Å². The number of ether oxygens (including phenoxy) is 2. The number of hydrogen-bond donors (Lipinski definition) is 1. The summed E-state index contributed by atoms with van der Waals surface area (Å²) in [4.78, 5) is 10.2. The van der Waals surface area contributed by atoms with Gasteiger partial charge in [0, 0.05) is 24.7 Å². The van der Waals surface area contributed by atoms with E-state index in [2.05, 4.69) is 25.5 Å². The minimum Gasteiger partial charge on any atom is -0.497 e. The van der Waals surface area contributed by atoms with Crippen LogP contribution in [0.3, 0.4) is 0 Å². The Morgan fingerprint density at radius 2 is 1.82 bits per heavy atom. The Balaban J connectivity index is 1.56. The molecule has 0 amide bonds. The van der Waals surface area contributed by atoms with E-state index < -0.39 is 5.95 Å². The highest BCUT2D eigenvalue weighted by Gasteiger charge is 2.16. The van der Waals surface area contributed by atoms with E-state index >= 15 is 0 Å². The molecule has 0 bridgehead atoms. The lowest BCUT2D eigenvalue weighted by Gasteiger charge is -2.26. The molecule has 1 N–H and O–H groups in total. The predicted molar refractivity (Wildman–Crippen MR) is 102 cm³/mol. The van der Waals surface area contributed by atoms with Gasteiger partial charge in [0.1, 0.15) is 11.6 Å². The molecule has 1 aromatic carbocycles. The average Bonchev–Trinajstić information content (AvgIpc) is 2.74. The van der Waals surface area contributed by atoms with Gasteiger partial charge in [-0.05, 0) is 23.8 Å². The van der Waals surface area contributed by atoms with Crippen molar-refractivity contribution in [2.24, 2.45) is 0 Å². The first-order chi connectivity index (χ1) is 13.7. The summed E-state index contributed by atoms with van der Waals surface area (Å²) in [5.74, 6) is 1.26. The number of anilines is 3. The molecule has 28 heavy (non-hydrogen) atoms. The molecular weight excluding hydrogens is 363 g/mol. The van der Waals surface area contributed by atoms with Crippen molar-refractivity contribution in [3.63, 3.8) is 0 Å². The van der Waals surface area contributed by atoms with E-state index in [1.54, 1.807) is 13.3 Å². The standard InChI is InChI=1S/C19H19FN6O2/c1-27-15-4-2-13(3-5-15)14-10-18(25-21-12-14)23-17-11-16(20)22-19(24-17)26-6-8-28-9-7-26/h2-5,10-12H,6-9H2,1H3,(H,22,23,24,25). The molecule has 0 saturated carbocycles. The van der Waals surface area contributed by atoms with Gasteiger partial charge in [0.2, 0.25) is 11.9 Å². The summed E-state index contributed by atoms with van der Waals surface area (Å²) in [5.41, 5.74) is 1.82. The Bertz CT molecular complexity index is 947. The molecule has 3 aromatic rings. The fraction of sp³-hybridized carbons (Fsp3) is 0.263. The Morgan fingerprint density at radius 1 is 1.04 bits per heavy atom. The molecule has 144 valence electrons. The van der Waals surface area contributed by atoms with Crippen LogP contribution in [0.2, 0.25) is 0 Å². The van der Waals surface area contributed by atoms with Crippen molar-refractivity contribution in [3.05, 3.63) is 48.5 Å². The van der Waals surface area contributed by atoms with Gasteiger partial charge in [-0.3, -0.25) is 0 Å². The highest BCUT2D eigenvalue weighted by atomic mass is 19.1. The average molecular weight is 382 g/mol. The lowest BCUT2D eigenvalue weighted by atomic mass is 10.1. The van der Waals surface area contributed by atoms with Crippen molar-refractivity contribution >= 4 is 17.6 Å². The van der Waals surface area contributed by atoms with Crippen LogP contribution in [0, 0.1) is 5.95 Å². The van der Waals surface area contributed by atoms with E-state index in [-0.39, 0.29) is 0 Å². The first-order valence-electron chi connectivity index (χ1n) is 8.83. The molecule has 9 heteroatoms. The number of rotatable bonds is 5. The van der Waals surface area contributed by atoms with Gasteiger partial charge in [-0.1, -0.05) is 12.1 Å². The van der Waals surface area contributed by atoms with E-state index in [4.69, 9.17) is 9.47 Å². The normalized spacial score (nSPS) is 14.0. The molecule has 1 aliphatic heterocycles. The molecule has 2 aromatic heterocycles. The topological polar surface area (TPSA) is 85.3 Å². The summed E-state index contributed by atoms with van der Waals surface area (Å²) < 4.78 is 24.5. The van der Waals surface area contributed by atoms with Crippen LogP contribution in [0.4, 0.5) is 22.0 Å². The number of benzene rings is 1. The third-order valence-corrected chi connectivity index (χ3v) is 4.31. The smallest absolute Gasteiger partial charge is 0.230 e. The van der Waals surface area contributed by atoms with E-state index in [1.165, 1.54) is 6.07 Å². The molecule has 0 aliphatic carbocycles. The second-order valence-electron chi connectivity index (χ2n) is 6.16. The van der Waals surface area contributed by atoms with Gasteiger partial charge in [0.05, 0.1) is 26.5 Å². The van der Waals surface area contributed by atoms with Crippen molar-refractivity contribution in [3.8, 4) is 16.9 Å². The van der Waals surface area contributed by atoms with Crippen LogP contribution in [0.1, 0.15) is 0 Å². The van der Waals surface area contributed by atoms with Crippen LogP contribution >= 0.6 is 0 Å². The maximum Gasteiger partial charge on any atom is 0.230 e. The number of hydrogen-bond acceptors (Lipinski definition) is 8. The maximum atomic E-state index is 14.0. The number of halogens is 1.